The zero-order valence-electron chi connectivity index (χ0n) is 17.0. The van der Waals surface area contributed by atoms with Crippen molar-refractivity contribution in [2.24, 2.45) is 0 Å². The molecular formula is C20H30N2O5S. The topological polar surface area (TPSA) is 92.8 Å². The van der Waals surface area contributed by atoms with Crippen molar-refractivity contribution < 1.29 is 22.7 Å². The molecule has 0 spiro atoms. The molecule has 0 aromatic heterocycles. The van der Waals surface area contributed by atoms with Gasteiger partial charge in [-0.05, 0) is 44.4 Å². The van der Waals surface area contributed by atoms with Crippen molar-refractivity contribution in [2.45, 2.75) is 70.4 Å². The van der Waals surface area contributed by atoms with Crippen molar-refractivity contribution in [3.63, 3.8) is 0 Å². The van der Waals surface area contributed by atoms with Crippen LogP contribution in [0.2, 0.25) is 0 Å². The second kappa shape index (κ2) is 9.52. The van der Waals surface area contributed by atoms with E-state index in [2.05, 4.69) is 5.32 Å². The van der Waals surface area contributed by atoms with Crippen LogP contribution in [0.15, 0.2) is 23.1 Å². The highest BCUT2D eigenvalue weighted by atomic mass is 32.2. The fraction of sp³-hybridized carbons (Fsp3) is 0.600. The van der Waals surface area contributed by atoms with Crippen LogP contribution in [0.4, 0.5) is 0 Å². The number of hydrogen-bond donors (Lipinski definition) is 1. The summed E-state index contributed by atoms with van der Waals surface area (Å²) in [6.45, 7) is 7.42. The van der Waals surface area contributed by atoms with Gasteiger partial charge in [0.2, 0.25) is 10.0 Å². The Morgan fingerprint density at radius 2 is 1.82 bits per heavy atom. The van der Waals surface area contributed by atoms with E-state index in [1.807, 2.05) is 0 Å². The lowest BCUT2D eigenvalue weighted by molar-refractivity contribution is -0.129. The Labute approximate surface area is 167 Å². The Bertz CT molecular complexity index is 812. The molecule has 1 aromatic rings. The monoisotopic (exact) mass is 410 g/mol. The number of carbonyl (C=O) groups is 2. The first-order valence-electron chi connectivity index (χ1n) is 9.82. The van der Waals surface area contributed by atoms with Gasteiger partial charge in [-0.2, -0.15) is 4.31 Å². The quantitative estimate of drug-likeness (QED) is 0.665. The molecule has 0 heterocycles. The molecule has 0 aliphatic heterocycles. The Balaban J connectivity index is 2.15. The summed E-state index contributed by atoms with van der Waals surface area (Å²) in [4.78, 5) is 24.9. The van der Waals surface area contributed by atoms with E-state index in [-0.39, 0.29) is 22.4 Å². The maximum absolute atomic E-state index is 12.7. The van der Waals surface area contributed by atoms with Crippen LogP contribution in [-0.2, 0) is 19.6 Å². The number of sulfonamides is 1. The van der Waals surface area contributed by atoms with Crippen molar-refractivity contribution in [1.82, 2.24) is 9.62 Å². The van der Waals surface area contributed by atoms with Crippen LogP contribution in [-0.4, -0.2) is 49.8 Å². The van der Waals surface area contributed by atoms with Crippen molar-refractivity contribution in [3.05, 3.63) is 29.3 Å². The number of amides is 1. The smallest absolute Gasteiger partial charge is 0.339 e. The Morgan fingerprint density at radius 1 is 1.21 bits per heavy atom. The predicted octanol–water partition coefficient (Wildman–Crippen LogP) is 2.63. The molecule has 0 saturated heterocycles. The van der Waals surface area contributed by atoms with Gasteiger partial charge >= 0.3 is 5.97 Å². The number of aryl methyl sites for hydroxylation is 1. The van der Waals surface area contributed by atoms with Crippen molar-refractivity contribution >= 4 is 21.9 Å². The number of hydrogen-bond acceptors (Lipinski definition) is 5. The molecule has 0 bridgehead atoms. The molecule has 1 aromatic carbocycles. The fourth-order valence-corrected chi connectivity index (χ4v) is 4.85. The lowest BCUT2D eigenvalue weighted by atomic mass is 10.1. The van der Waals surface area contributed by atoms with Gasteiger partial charge < -0.3 is 10.1 Å². The number of nitrogens with one attached hydrogen (secondary N) is 1. The largest absolute Gasteiger partial charge is 0.449 e. The number of ether oxygens (including phenoxy) is 1. The third-order valence-corrected chi connectivity index (χ3v) is 7.17. The van der Waals surface area contributed by atoms with Crippen molar-refractivity contribution in [2.75, 3.05) is 13.1 Å². The fourth-order valence-electron chi connectivity index (χ4n) is 3.36. The third-order valence-electron chi connectivity index (χ3n) is 5.13. The van der Waals surface area contributed by atoms with Crippen LogP contribution >= 0.6 is 0 Å². The minimum atomic E-state index is -3.69. The molecule has 1 atom stereocenters. The van der Waals surface area contributed by atoms with E-state index < -0.39 is 22.1 Å². The lowest BCUT2D eigenvalue weighted by Crippen LogP contribution is -2.41. The molecule has 8 heteroatoms. The molecule has 1 N–H and O–H groups in total. The van der Waals surface area contributed by atoms with Gasteiger partial charge in [0.15, 0.2) is 6.10 Å². The van der Waals surface area contributed by atoms with E-state index in [1.54, 1.807) is 26.8 Å². The highest BCUT2D eigenvalue weighted by molar-refractivity contribution is 7.89. The third kappa shape index (κ3) is 5.11. The molecule has 1 amide bonds. The molecule has 1 fully saturated rings. The zero-order valence-corrected chi connectivity index (χ0v) is 17.8. The summed E-state index contributed by atoms with van der Waals surface area (Å²) in [6, 6.07) is 4.53. The van der Waals surface area contributed by atoms with Crippen LogP contribution in [0.25, 0.3) is 0 Å². The lowest BCUT2D eigenvalue weighted by Gasteiger charge is -2.20. The molecule has 0 radical (unpaired) electrons. The van der Waals surface area contributed by atoms with E-state index in [0.29, 0.717) is 18.7 Å². The maximum atomic E-state index is 12.7. The van der Waals surface area contributed by atoms with E-state index in [4.69, 9.17) is 4.74 Å². The average Bonchev–Trinajstić information content (AvgIpc) is 3.15. The summed E-state index contributed by atoms with van der Waals surface area (Å²) in [5.41, 5.74) is 0.737. The van der Waals surface area contributed by atoms with Gasteiger partial charge in [-0.15, -0.1) is 0 Å². The van der Waals surface area contributed by atoms with Crippen LogP contribution < -0.4 is 5.32 Å². The first-order chi connectivity index (χ1) is 13.2. The first kappa shape index (κ1) is 22.4. The van der Waals surface area contributed by atoms with Gasteiger partial charge in [-0.3, -0.25) is 4.79 Å². The number of rotatable bonds is 8. The number of carbonyl (C=O) groups excluding carboxylic acids is 2. The highest BCUT2D eigenvalue weighted by Gasteiger charge is 2.26. The standard InChI is InChI=1S/C20H30N2O5S/c1-5-22(6-2)28(25,26)17-12-11-14(3)18(13-17)20(24)27-15(4)19(23)21-16-9-7-8-10-16/h11-13,15-16H,5-10H2,1-4H3,(H,21,23)/t15-/m1/s1. The number of esters is 1. The van der Waals surface area contributed by atoms with Crippen molar-refractivity contribution in [1.29, 1.82) is 0 Å². The molecule has 156 valence electrons. The van der Waals surface area contributed by atoms with E-state index in [1.165, 1.54) is 23.4 Å². The minimum absolute atomic E-state index is 0.0387. The first-order valence-corrected chi connectivity index (χ1v) is 11.3. The second-order valence-electron chi connectivity index (χ2n) is 7.10. The highest BCUT2D eigenvalue weighted by Crippen LogP contribution is 2.21. The molecule has 2 rings (SSSR count). The molecule has 1 aliphatic rings. The predicted molar refractivity (Wildman–Crippen MR) is 107 cm³/mol. The van der Waals surface area contributed by atoms with Gasteiger partial charge in [0.1, 0.15) is 0 Å². The Kier molecular flexibility index (Phi) is 7.60. The van der Waals surface area contributed by atoms with Crippen LogP contribution in [0.5, 0.6) is 0 Å². The Hall–Kier alpha value is -1.93. The van der Waals surface area contributed by atoms with Gasteiger partial charge in [-0.1, -0.05) is 32.8 Å². The summed E-state index contributed by atoms with van der Waals surface area (Å²) < 4.78 is 32.1. The van der Waals surface area contributed by atoms with Crippen molar-refractivity contribution in [3.8, 4) is 0 Å². The molecule has 0 unspecified atom stereocenters. The molecule has 1 saturated carbocycles. The molecule has 1 aliphatic carbocycles. The van der Waals surface area contributed by atoms with E-state index in [0.717, 1.165) is 25.7 Å². The van der Waals surface area contributed by atoms with Crippen LogP contribution in [0.1, 0.15) is 62.4 Å². The summed E-state index contributed by atoms with van der Waals surface area (Å²) in [7, 11) is -3.69. The zero-order chi connectivity index (χ0) is 20.9. The van der Waals surface area contributed by atoms with Gasteiger partial charge in [0, 0.05) is 19.1 Å². The molecule has 7 nitrogen and oxygen atoms in total. The molecule has 28 heavy (non-hydrogen) atoms. The van der Waals surface area contributed by atoms with Gasteiger partial charge in [-0.25, -0.2) is 13.2 Å². The summed E-state index contributed by atoms with van der Waals surface area (Å²) in [6.07, 6.45) is 3.11. The Morgan fingerprint density at radius 3 is 2.39 bits per heavy atom. The van der Waals surface area contributed by atoms with E-state index >= 15 is 0 Å². The average molecular weight is 411 g/mol. The summed E-state index contributed by atoms with van der Waals surface area (Å²) in [5.74, 6) is -1.03. The number of nitrogens with zero attached hydrogens (tertiary/aromatic N) is 1. The SMILES string of the molecule is CCN(CC)S(=O)(=O)c1ccc(C)c(C(=O)O[C@H](C)C(=O)NC2CCCC2)c1. The second-order valence-corrected chi connectivity index (χ2v) is 9.04. The summed E-state index contributed by atoms with van der Waals surface area (Å²) >= 11 is 0. The molecular weight excluding hydrogens is 380 g/mol. The van der Waals surface area contributed by atoms with Gasteiger partial charge in [0.05, 0.1) is 10.5 Å². The van der Waals surface area contributed by atoms with Gasteiger partial charge in [0.25, 0.3) is 5.91 Å². The normalized spacial score (nSPS) is 16.2. The van der Waals surface area contributed by atoms with Crippen LogP contribution in [0.3, 0.4) is 0 Å². The maximum Gasteiger partial charge on any atom is 0.339 e. The number of benzene rings is 1. The van der Waals surface area contributed by atoms with E-state index in [9.17, 15) is 18.0 Å². The summed E-state index contributed by atoms with van der Waals surface area (Å²) in [5, 5.41) is 2.90. The minimum Gasteiger partial charge on any atom is -0.449 e. The van der Waals surface area contributed by atoms with Crippen LogP contribution in [0, 0.1) is 6.92 Å².